The summed E-state index contributed by atoms with van der Waals surface area (Å²) in [6.07, 6.45) is 5.50. The molecule has 0 radical (unpaired) electrons. The maximum Gasteiger partial charge on any atom is 0.221 e. The summed E-state index contributed by atoms with van der Waals surface area (Å²) in [4.78, 5) is 11.2. The highest BCUT2D eigenvalue weighted by Gasteiger charge is 2.21. The van der Waals surface area contributed by atoms with E-state index in [1.807, 2.05) is 6.07 Å². The summed E-state index contributed by atoms with van der Waals surface area (Å²) in [5.41, 5.74) is 3.67. The molecule has 4 nitrogen and oxygen atoms in total. The minimum atomic E-state index is -0.0175. The fourth-order valence-electron chi connectivity index (χ4n) is 3.18. The smallest absolute Gasteiger partial charge is 0.221 e. The fraction of sp³-hybridized carbons (Fsp3) is 0.611. The zero-order chi connectivity index (χ0) is 15.9. The van der Waals surface area contributed by atoms with Gasteiger partial charge in [-0.1, -0.05) is 13.0 Å². The second-order valence-electron chi connectivity index (χ2n) is 6.16. The number of benzene rings is 1. The molecule has 2 unspecified atom stereocenters. The van der Waals surface area contributed by atoms with Gasteiger partial charge in [-0.15, -0.1) is 0 Å². The van der Waals surface area contributed by atoms with Crippen LogP contribution in [-0.2, 0) is 22.4 Å². The number of ether oxygens (including phenoxy) is 1. The average Bonchev–Trinajstić information content (AvgIpc) is 2.50. The van der Waals surface area contributed by atoms with Crippen LogP contribution >= 0.6 is 0 Å². The number of fused-ring (bicyclic) bond motifs is 1. The van der Waals surface area contributed by atoms with Gasteiger partial charge in [0.1, 0.15) is 0 Å². The van der Waals surface area contributed by atoms with Crippen LogP contribution in [0.3, 0.4) is 0 Å². The highest BCUT2D eigenvalue weighted by Crippen LogP contribution is 2.25. The van der Waals surface area contributed by atoms with Crippen LogP contribution in [0.15, 0.2) is 18.2 Å². The molecule has 122 valence electrons. The van der Waals surface area contributed by atoms with Gasteiger partial charge in [-0.3, -0.25) is 4.79 Å². The van der Waals surface area contributed by atoms with Crippen molar-refractivity contribution in [2.75, 3.05) is 19.0 Å². The molecule has 0 fully saturated rings. The van der Waals surface area contributed by atoms with E-state index in [1.165, 1.54) is 17.5 Å². The summed E-state index contributed by atoms with van der Waals surface area (Å²) in [7, 11) is 1.76. The highest BCUT2D eigenvalue weighted by molar-refractivity contribution is 5.88. The van der Waals surface area contributed by atoms with Crippen molar-refractivity contribution in [2.45, 2.75) is 58.0 Å². The number of hydrogen-bond donors (Lipinski definition) is 2. The molecule has 22 heavy (non-hydrogen) atoms. The first-order valence-corrected chi connectivity index (χ1v) is 8.26. The first kappa shape index (κ1) is 17.0. The number of hydrogen-bond acceptors (Lipinski definition) is 3. The molecular weight excluding hydrogens is 276 g/mol. The van der Waals surface area contributed by atoms with Gasteiger partial charge in [0.2, 0.25) is 5.91 Å². The predicted molar refractivity (Wildman–Crippen MR) is 90.3 cm³/mol. The summed E-state index contributed by atoms with van der Waals surface area (Å²) in [5, 5.41) is 6.65. The third kappa shape index (κ3) is 4.82. The Morgan fingerprint density at radius 3 is 2.91 bits per heavy atom. The Morgan fingerprint density at radius 2 is 2.23 bits per heavy atom. The van der Waals surface area contributed by atoms with Gasteiger partial charge in [0.05, 0.1) is 0 Å². The minimum absolute atomic E-state index is 0.0175. The summed E-state index contributed by atoms with van der Waals surface area (Å²) in [5.74, 6) is -0.0175. The van der Waals surface area contributed by atoms with Crippen molar-refractivity contribution in [3.05, 3.63) is 29.3 Å². The average molecular weight is 304 g/mol. The van der Waals surface area contributed by atoms with Crippen molar-refractivity contribution < 1.29 is 9.53 Å². The van der Waals surface area contributed by atoms with Crippen LogP contribution in [0.25, 0.3) is 0 Å². The standard InChI is InChI=1S/C18H28N2O2/c1-4-16(9-10-22-3)20-18-8-6-14-5-7-17(19-13(2)21)11-15(14)12-18/h5,7,11,16,18,20H,4,6,8-10,12H2,1-3H3,(H,19,21). The Balaban J connectivity index is 1.98. The van der Waals surface area contributed by atoms with Crippen molar-refractivity contribution in [2.24, 2.45) is 0 Å². The van der Waals surface area contributed by atoms with Crippen molar-refractivity contribution in [3.63, 3.8) is 0 Å². The normalized spacial score (nSPS) is 18.6. The van der Waals surface area contributed by atoms with Crippen molar-refractivity contribution >= 4 is 11.6 Å². The predicted octanol–water partition coefficient (Wildman–Crippen LogP) is 2.91. The Labute approximate surface area is 133 Å². The molecule has 0 aliphatic heterocycles. The summed E-state index contributed by atoms with van der Waals surface area (Å²) in [6, 6.07) is 7.31. The quantitative estimate of drug-likeness (QED) is 0.814. The molecule has 2 atom stereocenters. The molecule has 1 aromatic carbocycles. The lowest BCUT2D eigenvalue weighted by molar-refractivity contribution is -0.114. The maximum atomic E-state index is 11.2. The molecule has 0 spiro atoms. The zero-order valence-electron chi connectivity index (χ0n) is 13.9. The summed E-state index contributed by atoms with van der Waals surface area (Å²) in [6.45, 7) is 4.58. The lowest BCUT2D eigenvalue weighted by Gasteiger charge is -2.30. The van der Waals surface area contributed by atoms with Crippen LogP contribution in [-0.4, -0.2) is 31.7 Å². The lowest BCUT2D eigenvalue weighted by Crippen LogP contribution is -2.41. The molecule has 1 aromatic rings. The SMILES string of the molecule is CCC(CCOC)NC1CCc2ccc(NC(C)=O)cc2C1. The van der Waals surface area contributed by atoms with Crippen LogP contribution < -0.4 is 10.6 Å². The molecule has 1 aliphatic rings. The van der Waals surface area contributed by atoms with E-state index >= 15 is 0 Å². The largest absolute Gasteiger partial charge is 0.385 e. The molecule has 1 amide bonds. The number of nitrogens with one attached hydrogen (secondary N) is 2. The van der Waals surface area contributed by atoms with E-state index in [1.54, 1.807) is 14.0 Å². The van der Waals surface area contributed by atoms with Crippen molar-refractivity contribution in [1.29, 1.82) is 0 Å². The second-order valence-corrected chi connectivity index (χ2v) is 6.16. The molecular formula is C18H28N2O2. The topological polar surface area (TPSA) is 50.4 Å². The van der Waals surface area contributed by atoms with Gasteiger partial charge in [0, 0.05) is 38.4 Å². The Kier molecular flexibility index (Phi) is 6.40. The van der Waals surface area contributed by atoms with Gasteiger partial charge in [0.25, 0.3) is 0 Å². The third-order valence-corrected chi connectivity index (χ3v) is 4.39. The molecule has 2 N–H and O–H groups in total. The van der Waals surface area contributed by atoms with E-state index in [0.717, 1.165) is 38.0 Å². The third-order valence-electron chi connectivity index (χ3n) is 4.39. The van der Waals surface area contributed by atoms with Gasteiger partial charge in [-0.05, 0) is 55.4 Å². The second kappa shape index (κ2) is 8.30. The molecule has 4 heteroatoms. The van der Waals surface area contributed by atoms with Crippen molar-refractivity contribution in [1.82, 2.24) is 5.32 Å². The summed E-state index contributed by atoms with van der Waals surface area (Å²) < 4.78 is 5.19. The number of rotatable bonds is 7. The van der Waals surface area contributed by atoms with Gasteiger partial charge in [0.15, 0.2) is 0 Å². The number of carbonyl (C=O) groups excluding carboxylic acids is 1. The highest BCUT2D eigenvalue weighted by atomic mass is 16.5. The van der Waals surface area contributed by atoms with E-state index in [9.17, 15) is 4.79 Å². The monoisotopic (exact) mass is 304 g/mol. The van der Waals surface area contributed by atoms with Crippen LogP contribution in [0.2, 0.25) is 0 Å². The minimum Gasteiger partial charge on any atom is -0.385 e. The van der Waals surface area contributed by atoms with Crippen LogP contribution in [0.4, 0.5) is 5.69 Å². The zero-order valence-corrected chi connectivity index (χ0v) is 13.9. The van der Waals surface area contributed by atoms with Gasteiger partial charge >= 0.3 is 0 Å². The summed E-state index contributed by atoms with van der Waals surface area (Å²) >= 11 is 0. The lowest BCUT2D eigenvalue weighted by atomic mass is 9.87. The number of anilines is 1. The molecule has 0 aromatic heterocycles. The Morgan fingerprint density at radius 1 is 1.41 bits per heavy atom. The number of methoxy groups -OCH3 is 1. The van der Waals surface area contributed by atoms with E-state index in [0.29, 0.717) is 12.1 Å². The molecule has 1 aliphatic carbocycles. The molecule has 0 bridgehead atoms. The van der Waals surface area contributed by atoms with Crippen LogP contribution in [0, 0.1) is 0 Å². The fourth-order valence-corrected chi connectivity index (χ4v) is 3.18. The van der Waals surface area contributed by atoms with Gasteiger partial charge < -0.3 is 15.4 Å². The van der Waals surface area contributed by atoms with E-state index in [-0.39, 0.29) is 5.91 Å². The van der Waals surface area contributed by atoms with Crippen molar-refractivity contribution in [3.8, 4) is 0 Å². The number of amides is 1. The number of aryl methyl sites for hydroxylation is 1. The Bertz CT molecular complexity index is 502. The van der Waals surface area contributed by atoms with E-state index < -0.39 is 0 Å². The van der Waals surface area contributed by atoms with Gasteiger partial charge in [-0.2, -0.15) is 0 Å². The van der Waals surface area contributed by atoms with Gasteiger partial charge in [-0.25, -0.2) is 0 Å². The molecule has 0 heterocycles. The number of carbonyl (C=O) groups is 1. The first-order chi connectivity index (χ1) is 10.6. The van der Waals surface area contributed by atoms with Crippen LogP contribution in [0.5, 0.6) is 0 Å². The molecule has 0 saturated heterocycles. The first-order valence-electron chi connectivity index (χ1n) is 8.26. The van der Waals surface area contributed by atoms with E-state index in [2.05, 4.69) is 29.7 Å². The molecule has 0 saturated carbocycles. The molecule has 2 rings (SSSR count). The van der Waals surface area contributed by atoms with Crippen LogP contribution in [0.1, 0.15) is 44.2 Å². The Hall–Kier alpha value is -1.39. The maximum absolute atomic E-state index is 11.2. The van der Waals surface area contributed by atoms with E-state index in [4.69, 9.17) is 4.74 Å².